The van der Waals surface area contributed by atoms with E-state index in [1.807, 2.05) is 32.0 Å². The summed E-state index contributed by atoms with van der Waals surface area (Å²) in [6.45, 7) is 4.58. The zero-order valence-corrected chi connectivity index (χ0v) is 13.1. The van der Waals surface area contributed by atoms with Gasteiger partial charge in [-0.1, -0.05) is 13.0 Å². The fourth-order valence-electron chi connectivity index (χ4n) is 1.32. The molecule has 94 valence electrons. The molecule has 5 heteroatoms. The molecule has 1 atom stereocenters. The van der Waals surface area contributed by atoms with E-state index < -0.39 is 0 Å². The van der Waals surface area contributed by atoms with E-state index in [4.69, 9.17) is 0 Å². The monoisotopic (exact) mass is 362 g/mol. The van der Waals surface area contributed by atoms with Crippen LogP contribution in [0.2, 0.25) is 0 Å². The van der Waals surface area contributed by atoms with Gasteiger partial charge >= 0.3 is 0 Å². The van der Waals surface area contributed by atoms with Crippen LogP contribution in [0.5, 0.6) is 0 Å². The third-order valence-corrected chi connectivity index (χ3v) is 3.59. The van der Waals surface area contributed by atoms with Gasteiger partial charge in [-0.25, -0.2) is 0 Å². The molecular formula is C12H16Br2N2O. The van der Waals surface area contributed by atoms with Crippen LogP contribution in [0.1, 0.15) is 20.3 Å². The minimum atomic E-state index is -0.267. The second-order valence-corrected chi connectivity index (χ2v) is 5.46. The lowest BCUT2D eigenvalue weighted by Crippen LogP contribution is -2.38. The van der Waals surface area contributed by atoms with Crippen LogP contribution in [0.15, 0.2) is 27.1 Å². The van der Waals surface area contributed by atoms with Gasteiger partial charge in [-0.3, -0.25) is 4.79 Å². The van der Waals surface area contributed by atoms with Gasteiger partial charge in [-0.05, 0) is 57.3 Å². The van der Waals surface area contributed by atoms with Crippen molar-refractivity contribution >= 4 is 43.5 Å². The number of amides is 1. The molecule has 17 heavy (non-hydrogen) atoms. The Morgan fingerprint density at radius 3 is 2.47 bits per heavy atom. The molecule has 3 nitrogen and oxygen atoms in total. The van der Waals surface area contributed by atoms with Crippen molar-refractivity contribution in [3.8, 4) is 0 Å². The van der Waals surface area contributed by atoms with Crippen molar-refractivity contribution < 1.29 is 4.79 Å². The Labute approximate surface area is 119 Å². The average molecular weight is 364 g/mol. The highest BCUT2D eigenvalue weighted by Gasteiger charge is 2.14. The molecule has 0 aliphatic rings. The molecule has 0 spiro atoms. The largest absolute Gasteiger partial charge is 0.372 e. The Morgan fingerprint density at radius 2 is 1.94 bits per heavy atom. The van der Waals surface area contributed by atoms with E-state index in [1.165, 1.54) is 0 Å². The van der Waals surface area contributed by atoms with Gasteiger partial charge in [0.25, 0.3) is 0 Å². The van der Waals surface area contributed by atoms with Gasteiger partial charge in [0.1, 0.15) is 6.04 Å². The molecule has 1 rings (SSSR count). The third-order valence-electron chi connectivity index (χ3n) is 2.27. The van der Waals surface area contributed by atoms with Crippen molar-refractivity contribution in [2.75, 3.05) is 11.9 Å². The molecule has 1 amide bonds. The summed E-state index contributed by atoms with van der Waals surface area (Å²) >= 11 is 6.91. The van der Waals surface area contributed by atoms with Crippen LogP contribution in [0.4, 0.5) is 5.69 Å². The Hall–Kier alpha value is -0.550. The van der Waals surface area contributed by atoms with Crippen molar-refractivity contribution in [3.63, 3.8) is 0 Å². The number of benzene rings is 1. The predicted molar refractivity (Wildman–Crippen MR) is 78.2 cm³/mol. The Kier molecular flexibility index (Phi) is 5.98. The second kappa shape index (κ2) is 7.01. The first-order valence-electron chi connectivity index (χ1n) is 5.54. The quantitative estimate of drug-likeness (QED) is 0.840. The molecule has 0 aliphatic carbocycles. The topological polar surface area (TPSA) is 41.1 Å². The maximum Gasteiger partial charge on any atom is 0.242 e. The molecule has 2 N–H and O–H groups in total. The summed E-state index contributed by atoms with van der Waals surface area (Å²) in [7, 11) is 0. The van der Waals surface area contributed by atoms with Crippen molar-refractivity contribution in [3.05, 3.63) is 27.1 Å². The number of halogens is 2. The molecular weight excluding hydrogens is 348 g/mol. The van der Waals surface area contributed by atoms with Crippen LogP contribution in [0, 0.1) is 0 Å². The summed E-state index contributed by atoms with van der Waals surface area (Å²) in [4.78, 5) is 11.7. The van der Waals surface area contributed by atoms with E-state index in [9.17, 15) is 4.79 Å². The van der Waals surface area contributed by atoms with Gasteiger partial charge < -0.3 is 10.6 Å². The van der Waals surface area contributed by atoms with Crippen LogP contribution < -0.4 is 10.6 Å². The van der Waals surface area contributed by atoms with E-state index in [0.29, 0.717) is 6.54 Å². The third kappa shape index (κ3) is 4.32. The summed E-state index contributed by atoms with van der Waals surface area (Å²) in [6.07, 6.45) is 0.942. The van der Waals surface area contributed by atoms with E-state index in [2.05, 4.69) is 42.5 Å². The van der Waals surface area contributed by atoms with Crippen molar-refractivity contribution in [1.29, 1.82) is 0 Å². The number of carbonyl (C=O) groups is 1. The van der Waals surface area contributed by atoms with E-state index >= 15 is 0 Å². The van der Waals surface area contributed by atoms with E-state index in [1.54, 1.807) is 0 Å². The molecule has 0 aromatic heterocycles. The molecule has 0 saturated heterocycles. The van der Waals surface area contributed by atoms with Crippen molar-refractivity contribution in [2.24, 2.45) is 0 Å². The van der Waals surface area contributed by atoms with Gasteiger partial charge in [0, 0.05) is 15.5 Å². The van der Waals surface area contributed by atoms with E-state index in [0.717, 1.165) is 21.1 Å². The highest BCUT2D eigenvalue weighted by atomic mass is 79.9. The zero-order valence-electron chi connectivity index (χ0n) is 9.89. The normalized spacial score (nSPS) is 12.0. The number of anilines is 1. The maximum absolute atomic E-state index is 11.7. The lowest BCUT2D eigenvalue weighted by Gasteiger charge is -2.17. The molecule has 1 aromatic carbocycles. The van der Waals surface area contributed by atoms with Crippen LogP contribution in [0.25, 0.3) is 0 Å². The van der Waals surface area contributed by atoms with Gasteiger partial charge in [0.05, 0.1) is 5.69 Å². The number of para-hydroxylation sites is 1. The highest BCUT2D eigenvalue weighted by Crippen LogP contribution is 2.30. The molecule has 0 aliphatic heterocycles. The molecule has 0 saturated carbocycles. The van der Waals surface area contributed by atoms with Gasteiger partial charge in [-0.15, -0.1) is 0 Å². The molecule has 0 bridgehead atoms. The summed E-state index contributed by atoms with van der Waals surface area (Å²) in [5.41, 5.74) is 0.895. The summed E-state index contributed by atoms with van der Waals surface area (Å²) in [5.74, 6) is 0.00880. The Morgan fingerprint density at radius 1 is 1.35 bits per heavy atom. The van der Waals surface area contributed by atoms with Crippen molar-refractivity contribution in [2.45, 2.75) is 26.3 Å². The second-order valence-electron chi connectivity index (χ2n) is 3.75. The minimum Gasteiger partial charge on any atom is -0.372 e. The maximum atomic E-state index is 11.7. The number of rotatable bonds is 5. The fraction of sp³-hybridized carbons (Fsp3) is 0.417. The van der Waals surface area contributed by atoms with Gasteiger partial charge in [0.2, 0.25) is 5.91 Å². The SMILES string of the molecule is CCCNC(=O)C(C)Nc1c(Br)cccc1Br. The molecule has 0 radical (unpaired) electrons. The fourth-order valence-corrected chi connectivity index (χ4v) is 2.55. The van der Waals surface area contributed by atoms with Crippen LogP contribution >= 0.6 is 31.9 Å². The number of nitrogens with one attached hydrogen (secondary N) is 2. The Balaban J connectivity index is 2.67. The summed E-state index contributed by atoms with van der Waals surface area (Å²) in [5, 5.41) is 6.04. The first-order chi connectivity index (χ1) is 8.06. The first-order valence-corrected chi connectivity index (χ1v) is 7.13. The number of hydrogen-bond donors (Lipinski definition) is 2. The smallest absolute Gasteiger partial charge is 0.242 e. The van der Waals surface area contributed by atoms with Gasteiger partial charge in [-0.2, -0.15) is 0 Å². The van der Waals surface area contributed by atoms with E-state index in [-0.39, 0.29) is 11.9 Å². The lowest BCUT2D eigenvalue weighted by molar-refractivity contribution is -0.121. The molecule has 0 fully saturated rings. The highest BCUT2D eigenvalue weighted by molar-refractivity contribution is 9.11. The summed E-state index contributed by atoms with van der Waals surface area (Å²) in [6, 6.07) is 5.53. The zero-order chi connectivity index (χ0) is 12.8. The van der Waals surface area contributed by atoms with Crippen LogP contribution in [-0.2, 0) is 4.79 Å². The Bertz CT molecular complexity index is 376. The molecule has 1 unspecified atom stereocenters. The average Bonchev–Trinajstić information content (AvgIpc) is 2.30. The lowest BCUT2D eigenvalue weighted by atomic mass is 10.2. The van der Waals surface area contributed by atoms with Gasteiger partial charge in [0.15, 0.2) is 0 Å². The van der Waals surface area contributed by atoms with Crippen LogP contribution in [-0.4, -0.2) is 18.5 Å². The summed E-state index contributed by atoms with van der Waals surface area (Å²) < 4.78 is 1.86. The molecule has 1 aromatic rings. The number of carbonyl (C=O) groups excluding carboxylic acids is 1. The molecule has 0 heterocycles. The number of hydrogen-bond acceptors (Lipinski definition) is 2. The standard InChI is InChI=1S/C12H16Br2N2O/c1-3-7-15-12(17)8(2)16-11-9(13)5-4-6-10(11)14/h4-6,8,16H,3,7H2,1-2H3,(H,15,17). The van der Waals surface area contributed by atoms with Crippen LogP contribution in [0.3, 0.4) is 0 Å². The van der Waals surface area contributed by atoms with Crippen molar-refractivity contribution in [1.82, 2.24) is 5.32 Å². The minimum absolute atomic E-state index is 0.00880. The first kappa shape index (κ1) is 14.5. The predicted octanol–water partition coefficient (Wildman–Crippen LogP) is 3.54.